The molecule has 1 unspecified atom stereocenters. The van der Waals surface area contributed by atoms with Crippen molar-refractivity contribution in [2.45, 2.75) is 37.8 Å². The summed E-state index contributed by atoms with van der Waals surface area (Å²) in [6.07, 6.45) is 3.07. The van der Waals surface area contributed by atoms with E-state index in [1.54, 1.807) is 0 Å². The van der Waals surface area contributed by atoms with Crippen molar-refractivity contribution < 1.29 is 9.47 Å². The standard InChI is InChI=1S/C16H22N2O2/c1-16(13-17,18-14-7-8-14)9-10-19-11-12-20-15-5-3-2-4-6-15/h2-6,14,18H,7-12H2,1H3. The van der Waals surface area contributed by atoms with E-state index in [1.165, 1.54) is 12.8 Å². The van der Waals surface area contributed by atoms with Crippen molar-refractivity contribution in [1.29, 1.82) is 5.26 Å². The molecule has 2 rings (SSSR count). The summed E-state index contributed by atoms with van der Waals surface area (Å²) >= 11 is 0. The Labute approximate surface area is 120 Å². The maximum Gasteiger partial charge on any atom is 0.119 e. The molecule has 0 radical (unpaired) electrons. The molecule has 1 aliphatic carbocycles. The van der Waals surface area contributed by atoms with Gasteiger partial charge >= 0.3 is 0 Å². The third kappa shape index (κ3) is 5.20. The number of ether oxygens (including phenoxy) is 2. The second kappa shape index (κ2) is 7.28. The third-order valence-electron chi connectivity index (χ3n) is 3.33. The molecule has 1 fully saturated rings. The van der Waals surface area contributed by atoms with E-state index in [4.69, 9.17) is 9.47 Å². The molecule has 0 heterocycles. The third-order valence-corrected chi connectivity index (χ3v) is 3.33. The molecule has 1 atom stereocenters. The van der Waals surface area contributed by atoms with Gasteiger partial charge in [-0.3, -0.25) is 5.32 Å². The van der Waals surface area contributed by atoms with Crippen LogP contribution in [-0.2, 0) is 4.74 Å². The minimum absolute atomic E-state index is 0.471. The van der Waals surface area contributed by atoms with Gasteiger partial charge in [0.15, 0.2) is 0 Å². The van der Waals surface area contributed by atoms with E-state index in [0.717, 1.165) is 5.75 Å². The van der Waals surface area contributed by atoms with Crippen LogP contribution in [0.2, 0.25) is 0 Å². The molecule has 0 amide bonds. The van der Waals surface area contributed by atoms with E-state index in [2.05, 4.69) is 11.4 Å². The second-order valence-electron chi connectivity index (χ2n) is 5.39. The predicted molar refractivity (Wildman–Crippen MR) is 77.5 cm³/mol. The SMILES string of the molecule is CC(C#N)(CCOCCOc1ccccc1)NC1CC1. The monoisotopic (exact) mass is 274 g/mol. The Morgan fingerprint density at radius 3 is 2.65 bits per heavy atom. The number of nitrogens with one attached hydrogen (secondary N) is 1. The highest BCUT2D eigenvalue weighted by Gasteiger charge is 2.32. The lowest BCUT2D eigenvalue weighted by atomic mass is 10.0. The van der Waals surface area contributed by atoms with E-state index in [1.807, 2.05) is 37.3 Å². The summed E-state index contributed by atoms with van der Waals surface area (Å²) in [5.74, 6) is 0.855. The maximum atomic E-state index is 9.22. The van der Waals surface area contributed by atoms with Gasteiger partial charge in [0, 0.05) is 19.1 Å². The van der Waals surface area contributed by atoms with Crippen LogP contribution < -0.4 is 10.1 Å². The van der Waals surface area contributed by atoms with E-state index in [9.17, 15) is 5.26 Å². The van der Waals surface area contributed by atoms with Crippen molar-refractivity contribution in [3.05, 3.63) is 30.3 Å². The first-order valence-corrected chi connectivity index (χ1v) is 7.16. The number of hydrogen-bond acceptors (Lipinski definition) is 4. The van der Waals surface area contributed by atoms with E-state index in [0.29, 0.717) is 32.3 Å². The maximum absolute atomic E-state index is 9.22. The number of hydrogen-bond donors (Lipinski definition) is 1. The molecule has 4 nitrogen and oxygen atoms in total. The normalized spacial score (nSPS) is 17.2. The van der Waals surface area contributed by atoms with Gasteiger partial charge in [0.1, 0.15) is 17.9 Å². The topological polar surface area (TPSA) is 54.3 Å². The van der Waals surface area contributed by atoms with Crippen molar-refractivity contribution in [1.82, 2.24) is 5.32 Å². The van der Waals surface area contributed by atoms with Crippen LogP contribution in [0.15, 0.2) is 30.3 Å². The van der Waals surface area contributed by atoms with E-state index >= 15 is 0 Å². The van der Waals surface area contributed by atoms with Crippen molar-refractivity contribution >= 4 is 0 Å². The number of rotatable bonds is 9. The van der Waals surface area contributed by atoms with Crippen LogP contribution in [0.1, 0.15) is 26.2 Å². The molecule has 0 aromatic heterocycles. The minimum atomic E-state index is -0.471. The van der Waals surface area contributed by atoms with Gasteiger partial charge in [-0.2, -0.15) is 5.26 Å². The minimum Gasteiger partial charge on any atom is -0.491 e. The van der Waals surface area contributed by atoms with Crippen LogP contribution in [-0.4, -0.2) is 31.4 Å². The molecule has 20 heavy (non-hydrogen) atoms. The number of benzene rings is 1. The number of para-hydroxylation sites is 1. The van der Waals surface area contributed by atoms with Crippen LogP contribution in [0.3, 0.4) is 0 Å². The zero-order chi connectivity index (χ0) is 14.3. The highest BCUT2D eigenvalue weighted by Crippen LogP contribution is 2.23. The summed E-state index contributed by atoms with van der Waals surface area (Å²) < 4.78 is 11.1. The van der Waals surface area contributed by atoms with Crippen LogP contribution >= 0.6 is 0 Å². The summed E-state index contributed by atoms with van der Waals surface area (Å²) in [6.45, 7) is 3.58. The van der Waals surface area contributed by atoms with Gasteiger partial charge in [-0.1, -0.05) is 18.2 Å². The molecule has 0 bridgehead atoms. The highest BCUT2D eigenvalue weighted by atomic mass is 16.5. The second-order valence-corrected chi connectivity index (χ2v) is 5.39. The van der Waals surface area contributed by atoms with Gasteiger partial charge in [-0.05, 0) is 31.9 Å². The number of nitriles is 1. The Morgan fingerprint density at radius 1 is 1.25 bits per heavy atom. The smallest absolute Gasteiger partial charge is 0.119 e. The number of nitrogens with zero attached hydrogens (tertiary/aromatic N) is 1. The first-order chi connectivity index (χ1) is 9.72. The summed E-state index contributed by atoms with van der Waals surface area (Å²) in [5, 5.41) is 12.6. The lowest BCUT2D eigenvalue weighted by Crippen LogP contribution is -2.43. The molecule has 1 saturated carbocycles. The molecule has 0 saturated heterocycles. The van der Waals surface area contributed by atoms with E-state index < -0.39 is 5.54 Å². The van der Waals surface area contributed by atoms with Gasteiger partial charge in [0.2, 0.25) is 0 Å². The Morgan fingerprint density at radius 2 is 2.00 bits per heavy atom. The van der Waals surface area contributed by atoms with Crippen LogP contribution in [0, 0.1) is 11.3 Å². The molecular weight excluding hydrogens is 252 g/mol. The quantitative estimate of drug-likeness (QED) is 0.703. The molecule has 1 aromatic rings. The predicted octanol–water partition coefficient (Wildman–Crippen LogP) is 2.51. The van der Waals surface area contributed by atoms with Crippen LogP contribution in [0.5, 0.6) is 5.75 Å². The molecule has 4 heteroatoms. The first kappa shape index (κ1) is 14.8. The van der Waals surface area contributed by atoms with Gasteiger partial charge in [-0.15, -0.1) is 0 Å². The molecule has 108 valence electrons. The molecule has 1 aliphatic rings. The average molecular weight is 274 g/mol. The largest absolute Gasteiger partial charge is 0.491 e. The molecule has 1 N–H and O–H groups in total. The lowest BCUT2D eigenvalue weighted by molar-refractivity contribution is 0.0888. The lowest BCUT2D eigenvalue weighted by Gasteiger charge is -2.23. The summed E-state index contributed by atoms with van der Waals surface area (Å²) in [4.78, 5) is 0. The molecule has 0 aliphatic heterocycles. The Bertz CT molecular complexity index is 440. The zero-order valence-electron chi connectivity index (χ0n) is 12.0. The van der Waals surface area contributed by atoms with Crippen molar-refractivity contribution in [3.63, 3.8) is 0 Å². The molecule has 1 aromatic carbocycles. The molecule has 0 spiro atoms. The summed E-state index contributed by atoms with van der Waals surface area (Å²) in [6, 6.07) is 12.6. The van der Waals surface area contributed by atoms with Gasteiger partial charge in [0.05, 0.1) is 12.7 Å². The van der Waals surface area contributed by atoms with Crippen LogP contribution in [0.4, 0.5) is 0 Å². The Balaban J connectivity index is 1.55. The highest BCUT2D eigenvalue weighted by molar-refractivity contribution is 5.20. The fourth-order valence-corrected chi connectivity index (χ4v) is 1.95. The van der Waals surface area contributed by atoms with Crippen molar-refractivity contribution in [3.8, 4) is 11.8 Å². The van der Waals surface area contributed by atoms with Gasteiger partial charge in [-0.25, -0.2) is 0 Å². The fraction of sp³-hybridized carbons (Fsp3) is 0.562. The van der Waals surface area contributed by atoms with Crippen LogP contribution in [0.25, 0.3) is 0 Å². The first-order valence-electron chi connectivity index (χ1n) is 7.16. The fourth-order valence-electron chi connectivity index (χ4n) is 1.95. The molecular formula is C16H22N2O2. The van der Waals surface area contributed by atoms with Crippen molar-refractivity contribution in [2.24, 2.45) is 0 Å². The Kier molecular flexibility index (Phi) is 5.40. The zero-order valence-corrected chi connectivity index (χ0v) is 12.0. The van der Waals surface area contributed by atoms with Crippen molar-refractivity contribution in [2.75, 3.05) is 19.8 Å². The average Bonchev–Trinajstić information content (AvgIpc) is 3.27. The Hall–Kier alpha value is -1.57. The summed E-state index contributed by atoms with van der Waals surface area (Å²) in [5.41, 5.74) is -0.471. The van der Waals surface area contributed by atoms with Gasteiger partial charge in [0.25, 0.3) is 0 Å². The summed E-state index contributed by atoms with van der Waals surface area (Å²) in [7, 11) is 0. The van der Waals surface area contributed by atoms with E-state index in [-0.39, 0.29) is 0 Å². The van der Waals surface area contributed by atoms with Gasteiger partial charge < -0.3 is 9.47 Å².